The summed E-state index contributed by atoms with van der Waals surface area (Å²) in [5, 5.41) is 2.90. The summed E-state index contributed by atoms with van der Waals surface area (Å²) in [5.41, 5.74) is 3.55. The van der Waals surface area contributed by atoms with Crippen LogP contribution in [-0.4, -0.2) is 52.7 Å². The van der Waals surface area contributed by atoms with Gasteiger partial charge in [-0.25, -0.2) is 23.5 Å². The van der Waals surface area contributed by atoms with E-state index in [9.17, 15) is 13.6 Å². The van der Waals surface area contributed by atoms with E-state index in [1.807, 2.05) is 31.2 Å². The highest BCUT2D eigenvalue weighted by atomic mass is 19.3. The molecule has 4 rings (SSSR count). The van der Waals surface area contributed by atoms with Gasteiger partial charge in [-0.3, -0.25) is 4.99 Å². The first kappa shape index (κ1) is 20.2. The molecule has 0 spiro atoms. The van der Waals surface area contributed by atoms with Gasteiger partial charge in [-0.1, -0.05) is 29.8 Å². The Balaban J connectivity index is 1.28. The van der Waals surface area contributed by atoms with E-state index in [0.717, 1.165) is 27.3 Å². The SMILES string of the molecule is Cc1ccc(COC(=O)N2CC[C@H](CNc3ncc4c(n3)CN=C4)C(F)(F)C2)cc1. The van der Waals surface area contributed by atoms with Crippen LogP contribution in [0.5, 0.6) is 0 Å². The van der Waals surface area contributed by atoms with Crippen LogP contribution in [0.2, 0.25) is 0 Å². The van der Waals surface area contributed by atoms with Crippen molar-refractivity contribution in [2.24, 2.45) is 10.9 Å². The number of aryl methyl sites for hydroxylation is 1. The minimum Gasteiger partial charge on any atom is -0.445 e. The molecule has 30 heavy (non-hydrogen) atoms. The van der Waals surface area contributed by atoms with Crippen LogP contribution in [0.15, 0.2) is 35.5 Å². The largest absolute Gasteiger partial charge is 0.445 e. The fourth-order valence-corrected chi connectivity index (χ4v) is 3.50. The molecule has 3 heterocycles. The van der Waals surface area contributed by atoms with Gasteiger partial charge in [0.25, 0.3) is 5.92 Å². The number of aromatic nitrogens is 2. The Bertz CT molecular complexity index is 949. The van der Waals surface area contributed by atoms with Crippen molar-refractivity contribution in [1.82, 2.24) is 14.9 Å². The standard InChI is InChI=1S/C21H23F2N5O2/c1-14-2-4-15(5-3-14)12-30-20(29)28-7-6-17(21(22,23)13-28)10-26-19-25-9-16-8-24-11-18(16)27-19/h2-5,8-9,17H,6-7,10-13H2,1H3,(H,25,26,27)/t17-/m1/s1. The molecule has 158 valence electrons. The van der Waals surface area contributed by atoms with Crippen LogP contribution in [0.25, 0.3) is 0 Å². The molecule has 0 saturated carbocycles. The second kappa shape index (κ2) is 8.33. The molecule has 2 aromatic rings. The molecule has 0 unspecified atom stereocenters. The fourth-order valence-electron chi connectivity index (χ4n) is 3.50. The lowest BCUT2D eigenvalue weighted by Crippen LogP contribution is -2.52. The van der Waals surface area contributed by atoms with Crippen LogP contribution >= 0.6 is 0 Å². The summed E-state index contributed by atoms with van der Waals surface area (Å²) < 4.78 is 34.5. The van der Waals surface area contributed by atoms with Crippen molar-refractivity contribution in [3.05, 3.63) is 52.8 Å². The number of likely N-dealkylation sites (tertiary alicyclic amines) is 1. The normalized spacial score (nSPS) is 19.4. The minimum absolute atomic E-state index is 0.0267. The Kier molecular flexibility index (Phi) is 5.61. The first-order valence-electron chi connectivity index (χ1n) is 9.85. The highest BCUT2D eigenvalue weighted by Gasteiger charge is 2.46. The third-order valence-electron chi connectivity index (χ3n) is 5.37. The summed E-state index contributed by atoms with van der Waals surface area (Å²) in [6.07, 6.45) is 2.77. The summed E-state index contributed by atoms with van der Waals surface area (Å²) in [6, 6.07) is 7.52. The number of aliphatic imine (C=N–C) groups is 1. The van der Waals surface area contributed by atoms with Crippen molar-refractivity contribution in [2.45, 2.75) is 32.4 Å². The monoisotopic (exact) mass is 415 g/mol. The van der Waals surface area contributed by atoms with Gasteiger partial charge in [-0.2, -0.15) is 0 Å². The Morgan fingerprint density at radius 3 is 2.90 bits per heavy atom. The van der Waals surface area contributed by atoms with Gasteiger partial charge in [0.15, 0.2) is 0 Å². The second-order valence-electron chi connectivity index (χ2n) is 7.65. The van der Waals surface area contributed by atoms with E-state index in [-0.39, 0.29) is 26.1 Å². The number of benzene rings is 1. The first-order valence-corrected chi connectivity index (χ1v) is 9.85. The molecular formula is C21H23F2N5O2. The van der Waals surface area contributed by atoms with E-state index in [4.69, 9.17) is 4.74 Å². The third kappa shape index (κ3) is 4.55. The molecule has 2 aliphatic rings. The van der Waals surface area contributed by atoms with Gasteiger partial charge in [0.05, 0.1) is 18.8 Å². The molecule has 9 heteroatoms. The molecule has 1 aromatic heterocycles. The number of ether oxygens (including phenoxy) is 1. The van der Waals surface area contributed by atoms with E-state index in [2.05, 4.69) is 20.3 Å². The molecule has 1 atom stereocenters. The first-order chi connectivity index (χ1) is 14.4. The Labute approximate surface area is 173 Å². The highest BCUT2D eigenvalue weighted by Crippen LogP contribution is 2.33. The molecule has 2 aliphatic heterocycles. The molecule has 1 N–H and O–H groups in total. The summed E-state index contributed by atoms with van der Waals surface area (Å²) in [7, 11) is 0. The quantitative estimate of drug-likeness (QED) is 0.810. The van der Waals surface area contributed by atoms with Crippen LogP contribution < -0.4 is 5.32 Å². The number of rotatable bonds is 5. The van der Waals surface area contributed by atoms with Crippen LogP contribution in [0.1, 0.15) is 28.8 Å². The number of anilines is 1. The number of alkyl halides is 2. The Morgan fingerprint density at radius 2 is 2.13 bits per heavy atom. The number of hydrogen-bond donors (Lipinski definition) is 1. The molecule has 0 radical (unpaired) electrons. The maximum Gasteiger partial charge on any atom is 0.410 e. The Hall–Kier alpha value is -3.10. The predicted octanol–water partition coefficient (Wildman–Crippen LogP) is 3.42. The number of carbonyl (C=O) groups excluding carboxylic acids is 1. The van der Waals surface area contributed by atoms with E-state index in [0.29, 0.717) is 12.5 Å². The van der Waals surface area contributed by atoms with Crippen LogP contribution in [-0.2, 0) is 17.9 Å². The molecule has 1 fully saturated rings. The number of amides is 1. The van der Waals surface area contributed by atoms with Crippen LogP contribution in [0, 0.1) is 12.8 Å². The van der Waals surface area contributed by atoms with Gasteiger partial charge in [0, 0.05) is 37.0 Å². The summed E-state index contributed by atoms with van der Waals surface area (Å²) in [6.45, 7) is 2.08. The average molecular weight is 415 g/mol. The fraction of sp³-hybridized carbons (Fsp3) is 0.429. The zero-order valence-electron chi connectivity index (χ0n) is 16.6. The second-order valence-corrected chi connectivity index (χ2v) is 7.65. The van der Waals surface area contributed by atoms with Gasteiger partial charge in [-0.15, -0.1) is 0 Å². The van der Waals surface area contributed by atoms with E-state index >= 15 is 0 Å². The number of hydrogen-bond acceptors (Lipinski definition) is 6. The Morgan fingerprint density at radius 1 is 1.33 bits per heavy atom. The van der Waals surface area contributed by atoms with Gasteiger partial charge in [0.2, 0.25) is 5.95 Å². The van der Waals surface area contributed by atoms with Crippen molar-refractivity contribution in [2.75, 3.05) is 25.0 Å². The number of nitrogens with zero attached hydrogens (tertiary/aromatic N) is 4. The van der Waals surface area contributed by atoms with Crippen LogP contribution in [0.3, 0.4) is 0 Å². The van der Waals surface area contributed by atoms with Gasteiger partial charge < -0.3 is 15.0 Å². The van der Waals surface area contributed by atoms with E-state index in [1.165, 1.54) is 0 Å². The summed E-state index contributed by atoms with van der Waals surface area (Å²) in [5.74, 6) is -3.64. The predicted molar refractivity (Wildman–Crippen MR) is 108 cm³/mol. The summed E-state index contributed by atoms with van der Waals surface area (Å²) in [4.78, 5) is 25.9. The molecule has 1 amide bonds. The number of carbonyl (C=O) groups is 1. The number of halogens is 2. The zero-order valence-corrected chi connectivity index (χ0v) is 16.6. The molecule has 1 saturated heterocycles. The highest BCUT2D eigenvalue weighted by molar-refractivity contribution is 5.83. The third-order valence-corrected chi connectivity index (χ3v) is 5.37. The van der Waals surface area contributed by atoms with Crippen molar-refractivity contribution in [1.29, 1.82) is 0 Å². The topological polar surface area (TPSA) is 79.7 Å². The molecule has 7 nitrogen and oxygen atoms in total. The number of fused-ring (bicyclic) bond motifs is 1. The summed E-state index contributed by atoms with van der Waals surface area (Å²) >= 11 is 0. The van der Waals surface area contributed by atoms with Gasteiger partial charge in [0.1, 0.15) is 6.61 Å². The van der Waals surface area contributed by atoms with Gasteiger partial charge in [-0.05, 0) is 18.9 Å². The van der Waals surface area contributed by atoms with Gasteiger partial charge >= 0.3 is 6.09 Å². The maximum atomic E-state index is 14.7. The number of piperidine rings is 1. The lowest BCUT2D eigenvalue weighted by atomic mass is 9.93. The zero-order chi connectivity index (χ0) is 21.1. The average Bonchev–Trinajstić information content (AvgIpc) is 3.19. The minimum atomic E-state index is -3.03. The van der Waals surface area contributed by atoms with Crippen molar-refractivity contribution in [3.63, 3.8) is 0 Å². The van der Waals surface area contributed by atoms with E-state index in [1.54, 1.807) is 12.4 Å². The van der Waals surface area contributed by atoms with Crippen LogP contribution in [0.4, 0.5) is 19.5 Å². The molecule has 0 bridgehead atoms. The van der Waals surface area contributed by atoms with Crippen molar-refractivity contribution >= 4 is 18.3 Å². The van der Waals surface area contributed by atoms with E-state index < -0.39 is 24.5 Å². The lowest BCUT2D eigenvalue weighted by Gasteiger charge is -2.37. The smallest absolute Gasteiger partial charge is 0.410 e. The number of nitrogens with one attached hydrogen (secondary N) is 1. The maximum absolute atomic E-state index is 14.7. The molecule has 1 aromatic carbocycles. The van der Waals surface area contributed by atoms with Crippen molar-refractivity contribution in [3.8, 4) is 0 Å². The molecule has 0 aliphatic carbocycles. The molecular weight excluding hydrogens is 392 g/mol. The van der Waals surface area contributed by atoms with Crippen molar-refractivity contribution < 1.29 is 18.3 Å². The lowest BCUT2D eigenvalue weighted by molar-refractivity contribution is -0.102.